The lowest BCUT2D eigenvalue weighted by Gasteiger charge is -2.41. The van der Waals surface area contributed by atoms with E-state index in [9.17, 15) is 4.79 Å². The number of amides is 1. The van der Waals surface area contributed by atoms with Gasteiger partial charge in [-0.15, -0.1) is 0 Å². The summed E-state index contributed by atoms with van der Waals surface area (Å²) < 4.78 is 5.44. The molecule has 4 nitrogen and oxygen atoms in total. The molecule has 1 heterocycles. The minimum atomic E-state index is -0.345. The van der Waals surface area contributed by atoms with Gasteiger partial charge in [-0.1, -0.05) is 30.3 Å². The van der Waals surface area contributed by atoms with Crippen LogP contribution in [0.2, 0.25) is 0 Å². The van der Waals surface area contributed by atoms with Crippen molar-refractivity contribution >= 4 is 5.91 Å². The number of carbonyl (C=O) groups is 1. The fraction of sp³-hybridized carbons (Fsp3) is 0.632. The second kappa shape index (κ2) is 8.46. The summed E-state index contributed by atoms with van der Waals surface area (Å²) in [7, 11) is 1.92. The van der Waals surface area contributed by atoms with Gasteiger partial charge in [0.25, 0.3) is 5.91 Å². The zero-order chi connectivity index (χ0) is 16.8. The lowest BCUT2D eigenvalue weighted by Crippen LogP contribution is -2.51. The van der Waals surface area contributed by atoms with Gasteiger partial charge in [0.15, 0.2) is 0 Å². The molecule has 0 unspecified atom stereocenters. The summed E-state index contributed by atoms with van der Waals surface area (Å²) in [6, 6.07) is 11.4. The van der Waals surface area contributed by atoms with Crippen LogP contribution in [0, 0.1) is 0 Å². The molecule has 1 amide bonds. The first-order chi connectivity index (χ1) is 11.0. The van der Waals surface area contributed by atoms with E-state index < -0.39 is 0 Å². The largest absolute Gasteiger partial charge is 0.369 e. The lowest BCUT2D eigenvalue weighted by molar-refractivity contribution is -0.144. The normalized spacial score (nSPS) is 23.5. The maximum absolute atomic E-state index is 12.4. The zero-order valence-electron chi connectivity index (χ0n) is 14.9. The van der Waals surface area contributed by atoms with Crippen molar-refractivity contribution in [3.63, 3.8) is 0 Å². The van der Waals surface area contributed by atoms with Crippen molar-refractivity contribution in [2.75, 3.05) is 20.2 Å². The van der Waals surface area contributed by atoms with Gasteiger partial charge in [0.05, 0.1) is 0 Å². The summed E-state index contributed by atoms with van der Waals surface area (Å²) in [5, 5.41) is 0. The van der Waals surface area contributed by atoms with E-state index in [1.165, 1.54) is 5.56 Å². The maximum Gasteiger partial charge on any atom is 0.251 e. The molecular formula is C19H30N2O2. The monoisotopic (exact) mass is 318 g/mol. The molecule has 0 N–H and O–H groups in total. The first-order valence-electron chi connectivity index (χ1n) is 8.69. The number of likely N-dealkylation sites (tertiary alicyclic amines) is 1. The van der Waals surface area contributed by atoms with Gasteiger partial charge in [-0.25, -0.2) is 0 Å². The SMILES string of the molecule is CCO[C@H](C)C(=O)N(C)[C@H]1CCN(Cc2ccccc2)[C@H](C)C1. The highest BCUT2D eigenvalue weighted by Gasteiger charge is 2.31. The van der Waals surface area contributed by atoms with Crippen LogP contribution in [0.15, 0.2) is 30.3 Å². The Morgan fingerprint density at radius 1 is 1.39 bits per heavy atom. The number of nitrogens with zero attached hydrogens (tertiary/aromatic N) is 2. The molecule has 23 heavy (non-hydrogen) atoms. The Kier molecular flexibility index (Phi) is 6.60. The number of benzene rings is 1. The number of likely N-dealkylation sites (N-methyl/N-ethyl adjacent to an activating group) is 1. The van der Waals surface area contributed by atoms with Crippen molar-refractivity contribution < 1.29 is 9.53 Å². The van der Waals surface area contributed by atoms with Gasteiger partial charge in [-0.2, -0.15) is 0 Å². The van der Waals surface area contributed by atoms with E-state index in [-0.39, 0.29) is 12.0 Å². The number of piperidine rings is 1. The quantitative estimate of drug-likeness (QED) is 0.808. The maximum atomic E-state index is 12.4. The Labute approximate surface area is 140 Å². The second-order valence-corrected chi connectivity index (χ2v) is 6.53. The molecule has 4 heteroatoms. The molecule has 2 rings (SSSR count). The van der Waals surface area contributed by atoms with Crippen LogP contribution in [0.3, 0.4) is 0 Å². The van der Waals surface area contributed by atoms with Gasteiger partial charge in [-0.05, 0) is 39.2 Å². The van der Waals surface area contributed by atoms with Crippen LogP contribution in [0.1, 0.15) is 39.2 Å². The summed E-state index contributed by atoms with van der Waals surface area (Å²) in [6.45, 7) is 8.62. The molecule has 0 saturated carbocycles. The van der Waals surface area contributed by atoms with Crippen LogP contribution < -0.4 is 0 Å². The van der Waals surface area contributed by atoms with Crippen LogP contribution in [-0.4, -0.2) is 54.1 Å². The predicted molar refractivity (Wildman–Crippen MR) is 93.2 cm³/mol. The van der Waals surface area contributed by atoms with Crippen LogP contribution in [0.25, 0.3) is 0 Å². The van der Waals surface area contributed by atoms with E-state index in [2.05, 4.69) is 42.2 Å². The fourth-order valence-electron chi connectivity index (χ4n) is 3.39. The molecule has 0 aliphatic carbocycles. The molecule has 0 aromatic heterocycles. The van der Waals surface area contributed by atoms with Gasteiger partial charge >= 0.3 is 0 Å². The molecule has 0 radical (unpaired) electrons. The van der Waals surface area contributed by atoms with Crippen molar-refractivity contribution in [3.8, 4) is 0 Å². The van der Waals surface area contributed by atoms with Crippen LogP contribution in [0.5, 0.6) is 0 Å². The van der Waals surface area contributed by atoms with E-state index in [4.69, 9.17) is 4.74 Å². The van der Waals surface area contributed by atoms with Crippen molar-refractivity contribution in [2.45, 2.75) is 58.3 Å². The van der Waals surface area contributed by atoms with E-state index in [0.717, 1.165) is 25.9 Å². The average molecular weight is 318 g/mol. The lowest BCUT2D eigenvalue weighted by atomic mass is 9.96. The molecule has 128 valence electrons. The van der Waals surface area contributed by atoms with Gasteiger partial charge in [0.2, 0.25) is 0 Å². The molecule has 1 aromatic rings. The number of hydrogen-bond acceptors (Lipinski definition) is 3. The number of rotatable bonds is 6. The van der Waals surface area contributed by atoms with E-state index >= 15 is 0 Å². The minimum absolute atomic E-state index is 0.0977. The summed E-state index contributed by atoms with van der Waals surface area (Å²) in [5.41, 5.74) is 1.35. The van der Waals surface area contributed by atoms with Crippen LogP contribution >= 0.6 is 0 Å². The molecular weight excluding hydrogens is 288 g/mol. The van der Waals surface area contributed by atoms with Gasteiger partial charge in [-0.3, -0.25) is 9.69 Å². The van der Waals surface area contributed by atoms with Crippen LogP contribution in [-0.2, 0) is 16.1 Å². The number of hydrogen-bond donors (Lipinski definition) is 0. The first-order valence-corrected chi connectivity index (χ1v) is 8.69. The highest BCUT2D eigenvalue weighted by Crippen LogP contribution is 2.23. The Morgan fingerprint density at radius 2 is 2.09 bits per heavy atom. The van der Waals surface area contributed by atoms with Crippen molar-refractivity contribution in [1.29, 1.82) is 0 Å². The Balaban J connectivity index is 1.89. The zero-order valence-corrected chi connectivity index (χ0v) is 14.9. The summed E-state index contributed by atoms with van der Waals surface area (Å²) >= 11 is 0. The van der Waals surface area contributed by atoms with E-state index in [1.54, 1.807) is 0 Å². The third-order valence-electron chi connectivity index (χ3n) is 4.87. The summed E-state index contributed by atoms with van der Waals surface area (Å²) in [4.78, 5) is 16.8. The van der Waals surface area contributed by atoms with Gasteiger partial charge in [0, 0.05) is 38.8 Å². The fourth-order valence-corrected chi connectivity index (χ4v) is 3.39. The predicted octanol–water partition coefficient (Wildman–Crippen LogP) is 2.92. The molecule has 1 aliphatic rings. The Hall–Kier alpha value is -1.39. The number of ether oxygens (including phenoxy) is 1. The Bertz CT molecular complexity index is 491. The molecule has 0 spiro atoms. The topological polar surface area (TPSA) is 32.8 Å². The highest BCUT2D eigenvalue weighted by atomic mass is 16.5. The van der Waals surface area contributed by atoms with Crippen molar-refractivity contribution in [3.05, 3.63) is 35.9 Å². The van der Waals surface area contributed by atoms with Gasteiger partial charge < -0.3 is 9.64 Å². The average Bonchev–Trinajstić information content (AvgIpc) is 2.56. The molecule has 1 aliphatic heterocycles. The standard InChI is InChI=1S/C19H30N2O2/c1-5-23-16(3)19(22)20(4)18-11-12-21(15(2)13-18)14-17-9-7-6-8-10-17/h6-10,15-16,18H,5,11-14H2,1-4H3/t15-,16-,18+/m1/s1. The highest BCUT2D eigenvalue weighted by molar-refractivity contribution is 5.80. The molecule has 1 fully saturated rings. The smallest absolute Gasteiger partial charge is 0.251 e. The van der Waals surface area contributed by atoms with Crippen molar-refractivity contribution in [1.82, 2.24) is 9.80 Å². The minimum Gasteiger partial charge on any atom is -0.369 e. The van der Waals surface area contributed by atoms with E-state index in [0.29, 0.717) is 18.7 Å². The third kappa shape index (κ3) is 4.79. The first kappa shape index (κ1) is 18.0. The molecule has 0 bridgehead atoms. The number of carbonyl (C=O) groups excluding carboxylic acids is 1. The van der Waals surface area contributed by atoms with Crippen LogP contribution in [0.4, 0.5) is 0 Å². The molecule has 1 saturated heterocycles. The van der Waals surface area contributed by atoms with Crippen molar-refractivity contribution in [2.24, 2.45) is 0 Å². The third-order valence-corrected chi connectivity index (χ3v) is 4.87. The Morgan fingerprint density at radius 3 is 2.70 bits per heavy atom. The summed E-state index contributed by atoms with van der Waals surface area (Å²) in [6.07, 6.45) is 1.70. The van der Waals surface area contributed by atoms with E-state index in [1.807, 2.05) is 25.8 Å². The second-order valence-electron chi connectivity index (χ2n) is 6.53. The van der Waals surface area contributed by atoms with Gasteiger partial charge in [0.1, 0.15) is 6.10 Å². The molecule has 3 atom stereocenters. The summed E-state index contributed by atoms with van der Waals surface area (Å²) in [5.74, 6) is 0.0977. The molecule has 1 aromatic carbocycles.